The zero-order chi connectivity index (χ0) is 13.1. The van der Waals surface area contributed by atoms with Gasteiger partial charge < -0.3 is 16.2 Å². The summed E-state index contributed by atoms with van der Waals surface area (Å²) in [6, 6.07) is 0. The number of carbonyl (C=O) groups excluding carboxylic acids is 1. The van der Waals surface area contributed by atoms with E-state index in [0.717, 1.165) is 19.3 Å². The van der Waals surface area contributed by atoms with E-state index in [4.69, 9.17) is 5.73 Å². The van der Waals surface area contributed by atoms with Crippen molar-refractivity contribution < 1.29 is 9.90 Å². The maximum absolute atomic E-state index is 12.0. The van der Waals surface area contributed by atoms with Gasteiger partial charge in [0.25, 0.3) is 5.91 Å². The average Bonchev–Trinajstić information content (AvgIpc) is 2.92. The monoisotopic (exact) mass is 252 g/mol. The van der Waals surface area contributed by atoms with Gasteiger partial charge in [-0.25, -0.2) is 0 Å². The molecule has 18 heavy (non-hydrogen) atoms. The average molecular weight is 252 g/mol. The van der Waals surface area contributed by atoms with E-state index in [0.29, 0.717) is 30.4 Å². The topological polar surface area (TPSA) is 93.2 Å². The second-order valence-corrected chi connectivity index (χ2v) is 4.81. The second kappa shape index (κ2) is 5.39. The minimum atomic E-state index is -0.210. The Balaban J connectivity index is 1.93. The Morgan fingerprint density at radius 2 is 2.44 bits per heavy atom. The van der Waals surface area contributed by atoms with Gasteiger partial charge in [0.05, 0.1) is 18.0 Å². The molecule has 1 aromatic rings. The number of anilines is 1. The molecule has 0 spiro atoms. The molecule has 4 N–H and O–H groups in total. The quantitative estimate of drug-likeness (QED) is 0.722. The molecule has 0 radical (unpaired) electrons. The van der Waals surface area contributed by atoms with Gasteiger partial charge in [0, 0.05) is 13.1 Å². The summed E-state index contributed by atoms with van der Waals surface area (Å²) in [5.74, 6) is 0.177. The zero-order valence-corrected chi connectivity index (χ0v) is 10.6. The van der Waals surface area contributed by atoms with Crippen LogP contribution in [0.5, 0.6) is 0 Å². The van der Waals surface area contributed by atoms with Crippen molar-refractivity contribution in [2.75, 3.05) is 12.3 Å². The SMILES string of the molecule is CCn1ncc(N)c1C(=O)NCC1CCC(O)C1. The van der Waals surface area contributed by atoms with Gasteiger partial charge in [-0.2, -0.15) is 5.10 Å². The zero-order valence-electron chi connectivity index (χ0n) is 10.6. The Morgan fingerprint density at radius 3 is 3.06 bits per heavy atom. The Bertz CT molecular complexity index is 430. The van der Waals surface area contributed by atoms with Crippen LogP contribution in [-0.4, -0.2) is 33.4 Å². The van der Waals surface area contributed by atoms with E-state index in [-0.39, 0.29) is 12.0 Å². The molecule has 0 saturated heterocycles. The van der Waals surface area contributed by atoms with Crippen molar-refractivity contribution in [1.82, 2.24) is 15.1 Å². The molecule has 1 saturated carbocycles. The summed E-state index contributed by atoms with van der Waals surface area (Å²) >= 11 is 0. The third-order valence-electron chi connectivity index (χ3n) is 3.45. The number of aromatic nitrogens is 2. The van der Waals surface area contributed by atoms with E-state index in [9.17, 15) is 9.90 Å². The molecule has 6 heteroatoms. The Labute approximate surface area is 106 Å². The van der Waals surface area contributed by atoms with Gasteiger partial charge in [0.1, 0.15) is 5.69 Å². The summed E-state index contributed by atoms with van der Waals surface area (Å²) in [4.78, 5) is 12.0. The maximum Gasteiger partial charge on any atom is 0.271 e. The first-order chi connectivity index (χ1) is 8.61. The lowest BCUT2D eigenvalue weighted by Crippen LogP contribution is -2.31. The molecule has 1 aliphatic carbocycles. The minimum Gasteiger partial charge on any atom is -0.396 e. The number of nitrogens with two attached hydrogens (primary N) is 1. The van der Waals surface area contributed by atoms with E-state index in [1.54, 1.807) is 4.68 Å². The second-order valence-electron chi connectivity index (χ2n) is 4.81. The van der Waals surface area contributed by atoms with Crippen molar-refractivity contribution in [3.05, 3.63) is 11.9 Å². The van der Waals surface area contributed by atoms with Crippen molar-refractivity contribution in [2.24, 2.45) is 5.92 Å². The Morgan fingerprint density at radius 1 is 1.67 bits per heavy atom. The van der Waals surface area contributed by atoms with Crippen molar-refractivity contribution in [1.29, 1.82) is 0 Å². The predicted octanol–water partition coefficient (Wildman–Crippen LogP) is 0.376. The lowest BCUT2D eigenvalue weighted by Gasteiger charge is -2.12. The highest BCUT2D eigenvalue weighted by Crippen LogP contribution is 2.24. The van der Waals surface area contributed by atoms with Crippen LogP contribution in [0.2, 0.25) is 0 Å². The number of hydrogen-bond acceptors (Lipinski definition) is 4. The molecule has 6 nitrogen and oxygen atoms in total. The van der Waals surface area contributed by atoms with Crippen molar-refractivity contribution in [2.45, 2.75) is 38.8 Å². The number of carbonyl (C=O) groups is 1. The standard InChI is InChI=1S/C12H20N4O2/c1-2-16-11(10(13)7-15-16)12(18)14-6-8-3-4-9(17)5-8/h7-9,17H,2-6,13H2,1H3,(H,14,18). The molecule has 1 heterocycles. The Kier molecular flexibility index (Phi) is 3.86. The summed E-state index contributed by atoms with van der Waals surface area (Å²) < 4.78 is 1.59. The molecular weight excluding hydrogens is 232 g/mol. The number of amides is 1. The van der Waals surface area contributed by atoms with Crippen LogP contribution in [0.1, 0.15) is 36.7 Å². The molecule has 0 aliphatic heterocycles. The van der Waals surface area contributed by atoms with Crippen LogP contribution in [0.25, 0.3) is 0 Å². The molecule has 1 amide bonds. The van der Waals surface area contributed by atoms with Gasteiger partial charge >= 0.3 is 0 Å². The fourth-order valence-corrected chi connectivity index (χ4v) is 2.44. The first-order valence-corrected chi connectivity index (χ1v) is 6.39. The van der Waals surface area contributed by atoms with Gasteiger partial charge in [-0.15, -0.1) is 0 Å². The molecule has 0 bridgehead atoms. The molecule has 1 fully saturated rings. The summed E-state index contributed by atoms with van der Waals surface area (Å²) in [5.41, 5.74) is 6.57. The van der Waals surface area contributed by atoms with E-state index >= 15 is 0 Å². The van der Waals surface area contributed by atoms with Crippen LogP contribution in [-0.2, 0) is 6.54 Å². The predicted molar refractivity (Wildman–Crippen MR) is 68.0 cm³/mol. The minimum absolute atomic E-state index is 0.187. The molecule has 1 aromatic heterocycles. The van der Waals surface area contributed by atoms with Gasteiger partial charge in [-0.3, -0.25) is 9.48 Å². The summed E-state index contributed by atoms with van der Waals surface area (Å²) in [6.07, 6.45) is 3.85. The van der Waals surface area contributed by atoms with Crippen LogP contribution in [0.15, 0.2) is 6.20 Å². The highest BCUT2D eigenvalue weighted by atomic mass is 16.3. The van der Waals surface area contributed by atoms with Gasteiger partial charge in [0.15, 0.2) is 0 Å². The Hall–Kier alpha value is -1.56. The highest BCUT2D eigenvalue weighted by molar-refractivity contribution is 5.97. The number of nitrogens with zero attached hydrogens (tertiary/aromatic N) is 2. The van der Waals surface area contributed by atoms with E-state index in [1.165, 1.54) is 6.20 Å². The van der Waals surface area contributed by atoms with Crippen molar-refractivity contribution >= 4 is 11.6 Å². The lowest BCUT2D eigenvalue weighted by molar-refractivity contribution is 0.0935. The van der Waals surface area contributed by atoms with E-state index in [2.05, 4.69) is 10.4 Å². The lowest BCUT2D eigenvalue weighted by atomic mass is 10.1. The van der Waals surface area contributed by atoms with E-state index < -0.39 is 0 Å². The third-order valence-corrected chi connectivity index (χ3v) is 3.45. The summed E-state index contributed by atoms with van der Waals surface area (Å²) in [7, 11) is 0. The van der Waals surface area contributed by atoms with E-state index in [1.807, 2.05) is 6.92 Å². The molecule has 100 valence electrons. The van der Waals surface area contributed by atoms with Gasteiger partial charge in [-0.1, -0.05) is 0 Å². The number of nitrogen functional groups attached to an aromatic ring is 1. The molecule has 1 aliphatic rings. The normalized spacial score (nSPS) is 23.2. The fraction of sp³-hybridized carbons (Fsp3) is 0.667. The third kappa shape index (κ3) is 2.64. The molecule has 2 atom stereocenters. The summed E-state index contributed by atoms with van der Waals surface area (Å²) in [5, 5.41) is 16.3. The van der Waals surface area contributed by atoms with Crippen LogP contribution in [0.3, 0.4) is 0 Å². The first kappa shape index (κ1) is 12.9. The van der Waals surface area contributed by atoms with Crippen molar-refractivity contribution in [3.8, 4) is 0 Å². The molecule has 0 aromatic carbocycles. The summed E-state index contributed by atoms with van der Waals surface area (Å²) in [6.45, 7) is 3.11. The number of aliphatic hydroxyl groups is 1. The van der Waals surface area contributed by atoms with Crippen LogP contribution in [0.4, 0.5) is 5.69 Å². The smallest absolute Gasteiger partial charge is 0.271 e. The largest absolute Gasteiger partial charge is 0.396 e. The van der Waals surface area contributed by atoms with Crippen LogP contribution in [0, 0.1) is 5.92 Å². The number of aliphatic hydroxyl groups excluding tert-OH is 1. The van der Waals surface area contributed by atoms with Crippen LogP contribution >= 0.6 is 0 Å². The number of hydrogen-bond donors (Lipinski definition) is 3. The first-order valence-electron chi connectivity index (χ1n) is 6.39. The van der Waals surface area contributed by atoms with Crippen molar-refractivity contribution in [3.63, 3.8) is 0 Å². The van der Waals surface area contributed by atoms with Gasteiger partial charge in [-0.05, 0) is 32.1 Å². The number of rotatable bonds is 4. The fourth-order valence-electron chi connectivity index (χ4n) is 2.44. The highest BCUT2D eigenvalue weighted by Gasteiger charge is 2.24. The molecular formula is C12H20N4O2. The molecule has 2 rings (SSSR count). The van der Waals surface area contributed by atoms with Crippen LogP contribution < -0.4 is 11.1 Å². The molecule has 2 unspecified atom stereocenters. The maximum atomic E-state index is 12.0. The number of nitrogens with one attached hydrogen (secondary N) is 1. The van der Waals surface area contributed by atoms with Gasteiger partial charge in [0.2, 0.25) is 0 Å². The number of aryl methyl sites for hydroxylation is 1.